The Hall–Kier alpha value is -4.18. The Morgan fingerprint density at radius 3 is 2.53 bits per heavy atom. The van der Waals surface area contributed by atoms with Gasteiger partial charge in [0, 0.05) is 24.2 Å². The van der Waals surface area contributed by atoms with Crippen LogP contribution in [0.4, 0.5) is 5.82 Å². The predicted molar refractivity (Wildman–Crippen MR) is 125 cm³/mol. The summed E-state index contributed by atoms with van der Waals surface area (Å²) in [6.45, 7) is 0.845. The van der Waals surface area contributed by atoms with Gasteiger partial charge in [-0.2, -0.15) is 0 Å². The van der Waals surface area contributed by atoms with Gasteiger partial charge in [-0.15, -0.1) is 0 Å². The van der Waals surface area contributed by atoms with E-state index in [2.05, 4.69) is 15.7 Å². The first-order chi connectivity index (χ1) is 16.6. The number of benzene rings is 2. The molecular formula is C24H25N5O5. The summed E-state index contributed by atoms with van der Waals surface area (Å²) in [6.07, 6.45) is 2.16. The number of aldehydes is 1. The van der Waals surface area contributed by atoms with Crippen molar-refractivity contribution in [3.8, 4) is 34.4 Å². The van der Waals surface area contributed by atoms with Crippen LogP contribution >= 0.6 is 0 Å². The number of fused-ring (bicyclic) bond motifs is 1. The maximum Gasteiger partial charge on any atom is 0.240 e. The number of nitrogens with zero attached hydrogens (tertiary/aromatic N) is 3. The van der Waals surface area contributed by atoms with E-state index in [1.165, 1.54) is 7.05 Å². The second-order valence-corrected chi connectivity index (χ2v) is 7.49. The lowest BCUT2D eigenvalue weighted by atomic mass is 10.2. The van der Waals surface area contributed by atoms with E-state index in [4.69, 9.17) is 19.9 Å². The van der Waals surface area contributed by atoms with Crippen molar-refractivity contribution < 1.29 is 23.8 Å². The molecule has 0 saturated carbocycles. The van der Waals surface area contributed by atoms with Crippen molar-refractivity contribution in [2.24, 2.45) is 11.5 Å². The van der Waals surface area contributed by atoms with Crippen molar-refractivity contribution in [2.75, 3.05) is 25.3 Å². The number of nitrogens with two attached hydrogens (primary N) is 2. The highest BCUT2D eigenvalue weighted by Gasteiger charge is 2.30. The molecule has 0 bridgehead atoms. The second kappa shape index (κ2) is 10.2. The van der Waals surface area contributed by atoms with Crippen molar-refractivity contribution in [3.63, 3.8) is 0 Å². The van der Waals surface area contributed by atoms with Crippen LogP contribution in [0.5, 0.6) is 23.0 Å². The number of hydrogen-bond acceptors (Lipinski definition) is 9. The van der Waals surface area contributed by atoms with Gasteiger partial charge in [0.2, 0.25) is 12.7 Å². The van der Waals surface area contributed by atoms with E-state index in [0.29, 0.717) is 59.5 Å². The van der Waals surface area contributed by atoms with Crippen LogP contribution in [-0.4, -0.2) is 48.6 Å². The van der Waals surface area contributed by atoms with Crippen molar-refractivity contribution >= 4 is 18.0 Å². The zero-order valence-corrected chi connectivity index (χ0v) is 18.6. The summed E-state index contributed by atoms with van der Waals surface area (Å²) >= 11 is 0. The minimum absolute atomic E-state index is 0.201. The van der Waals surface area contributed by atoms with Crippen molar-refractivity contribution in [1.29, 1.82) is 0 Å². The van der Waals surface area contributed by atoms with E-state index in [-0.39, 0.29) is 12.5 Å². The van der Waals surface area contributed by atoms with Gasteiger partial charge in [-0.05, 0) is 56.3 Å². The maximum absolute atomic E-state index is 11.8. The number of carbonyl (C=O) groups is 2. The minimum atomic E-state index is -0.435. The molecule has 0 spiro atoms. The summed E-state index contributed by atoms with van der Waals surface area (Å²) in [5.41, 5.74) is 11.0. The van der Waals surface area contributed by atoms with Gasteiger partial charge < -0.3 is 30.6 Å². The summed E-state index contributed by atoms with van der Waals surface area (Å²) in [6, 6.07) is 13.7. The molecule has 0 radical (unpaired) electrons. The molecule has 0 aliphatic carbocycles. The monoisotopic (exact) mass is 463 g/mol. The van der Waals surface area contributed by atoms with Gasteiger partial charge in [0.25, 0.3) is 0 Å². The van der Waals surface area contributed by atoms with Crippen LogP contribution in [0.1, 0.15) is 23.3 Å². The molecule has 1 atom stereocenters. The molecule has 1 amide bonds. The molecule has 3 heterocycles. The third-order valence-electron chi connectivity index (χ3n) is 5.42. The number of hydrogen-bond donors (Lipinski definition) is 2. The number of carbonyl (C=O) groups excluding carboxylic acids is 2. The highest BCUT2D eigenvalue weighted by Crippen LogP contribution is 2.37. The first kappa shape index (κ1) is 23.0. The molecule has 1 fully saturated rings. The molecule has 176 valence electrons. The van der Waals surface area contributed by atoms with E-state index in [9.17, 15) is 9.59 Å². The number of anilines is 1. The van der Waals surface area contributed by atoms with Gasteiger partial charge >= 0.3 is 0 Å². The standard InChI is InChI=1S/C23H20N4O5.CH5N/c24-22(29)18-2-1-9-27(18)21-10-15(12-28)25-23(26-21)14-3-5-16(6-4-14)32-17-7-8-19-20(11-17)31-13-30-19;1-2/h3-8,10-12,18H,1-2,9,13H2,(H2,24,29);2H2,1H3. The lowest BCUT2D eigenvalue weighted by Gasteiger charge is -2.23. The number of aromatic nitrogens is 2. The summed E-state index contributed by atoms with van der Waals surface area (Å²) in [5.74, 6) is 3.06. The van der Waals surface area contributed by atoms with Crippen molar-refractivity contribution in [3.05, 3.63) is 54.2 Å². The lowest BCUT2D eigenvalue weighted by Crippen LogP contribution is -2.40. The van der Waals surface area contributed by atoms with E-state index >= 15 is 0 Å². The first-order valence-corrected chi connectivity index (χ1v) is 10.8. The highest BCUT2D eigenvalue weighted by atomic mass is 16.7. The highest BCUT2D eigenvalue weighted by molar-refractivity contribution is 5.84. The third kappa shape index (κ3) is 4.76. The normalized spacial score (nSPS) is 15.9. The summed E-state index contributed by atoms with van der Waals surface area (Å²) < 4.78 is 16.6. The fraction of sp³-hybridized carbons (Fsp3) is 0.250. The van der Waals surface area contributed by atoms with Crippen LogP contribution in [0.3, 0.4) is 0 Å². The van der Waals surface area contributed by atoms with Crippen molar-refractivity contribution in [2.45, 2.75) is 18.9 Å². The number of ether oxygens (including phenoxy) is 3. The molecule has 34 heavy (non-hydrogen) atoms. The average molecular weight is 463 g/mol. The van der Waals surface area contributed by atoms with Gasteiger partial charge in [0.15, 0.2) is 23.6 Å². The van der Waals surface area contributed by atoms with Gasteiger partial charge in [-0.1, -0.05) is 0 Å². The molecule has 2 aliphatic rings. The van der Waals surface area contributed by atoms with Gasteiger partial charge in [0.05, 0.1) is 0 Å². The Morgan fingerprint density at radius 2 is 1.79 bits per heavy atom. The summed E-state index contributed by atoms with van der Waals surface area (Å²) in [4.78, 5) is 34.0. The number of primary amides is 1. The topological polar surface area (TPSA) is 143 Å². The molecule has 10 heteroatoms. The Bertz CT molecular complexity index is 1180. The molecule has 10 nitrogen and oxygen atoms in total. The minimum Gasteiger partial charge on any atom is -0.457 e. The van der Waals surface area contributed by atoms with Crippen LogP contribution in [0.15, 0.2) is 48.5 Å². The van der Waals surface area contributed by atoms with Gasteiger partial charge in [-0.3, -0.25) is 9.59 Å². The molecule has 1 saturated heterocycles. The van der Waals surface area contributed by atoms with Gasteiger partial charge in [-0.25, -0.2) is 9.97 Å². The molecule has 4 N–H and O–H groups in total. The second-order valence-electron chi connectivity index (χ2n) is 7.49. The summed E-state index contributed by atoms with van der Waals surface area (Å²) in [7, 11) is 1.50. The number of rotatable bonds is 6. The molecule has 1 aromatic heterocycles. The summed E-state index contributed by atoms with van der Waals surface area (Å²) in [5, 5.41) is 0. The molecule has 2 aromatic carbocycles. The molecule has 3 aromatic rings. The van der Waals surface area contributed by atoms with E-state index < -0.39 is 11.9 Å². The zero-order chi connectivity index (χ0) is 24.1. The Labute approximate surface area is 196 Å². The predicted octanol–water partition coefficient (Wildman–Crippen LogP) is 2.51. The van der Waals surface area contributed by atoms with Crippen LogP contribution in [0.25, 0.3) is 11.4 Å². The molecule has 1 unspecified atom stereocenters. The maximum atomic E-state index is 11.8. The van der Waals surface area contributed by atoms with E-state index in [1.54, 1.807) is 36.4 Å². The Morgan fingerprint density at radius 1 is 1.06 bits per heavy atom. The van der Waals surface area contributed by atoms with Gasteiger partial charge in [0.1, 0.15) is 29.1 Å². The molecule has 5 rings (SSSR count). The molecule has 2 aliphatic heterocycles. The van der Waals surface area contributed by atoms with Crippen LogP contribution in [0, 0.1) is 0 Å². The van der Waals surface area contributed by atoms with Crippen LogP contribution in [0.2, 0.25) is 0 Å². The van der Waals surface area contributed by atoms with E-state index in [1.807, 2.05) is 17.0 Å². The average Bonchev–Trinajstić information content (AvgIpc) is 3.55. The van der Waals surface area contributed by atoms with E-state index in [0.717, 1.165) is 6.42 Å². The fourth-order valence-electron chi connectivity index (χ4n) is 3.87. The smallest absolute Gasteiger partial charge is 0.240 e. The van der Waals surface area contributed by atoms with Crippen LogP contribution in [-0.2, 0) is 4.79 Å². The SMILES string of the molecule is CN.NC(=O)C1CCCN1c1cc(C=O)nc(-c2ccc(Oc3ccc4c(c3)OCO4)cc2)n1. The largest absolute Gasteiger partial charge is 0.457 e. The number of amides is 1. The molecular weight excluding hydrogens is 438 g/mol. The fourth-order valence-corrected chi connectivity index (χ4v) is 3.87. The third-order valence-corrected chi connectivity index (χ3v) is 5.42. The first-order valence-electron chi connectivity index (χ1n) is 10.8. The zero-order valence-electron chi connectivity index (χ0n) is 18.6. The quantitative estimate of drug-likeness (QED) is 0.527. The van der Waals surface area contributed by atoms with Crippen LogP contribution < -0.4 is 30.6 Å². The van der Waals surface area contributed by atoms with Crippen molar-refractivity contribution in [1.82, 2.24) is 9.97 Å². The lowest BCUT2D eigenvalue weighted by molar-refractivity contribution is -0.119. The Kier molecular flexibility index (Phi) is 6.88. The Balaban J connectivity index is 0.00000133.